The molecule has 0 radical (unpaired) electrons. The highest BCUT2D eigenvalue weighted by Gasteiger charge is 2.26. The predicted octanol–water partition coefficient (Wildman–Crippen LogP) is 3.97. The molecule has 0 aliphatic heterocycles. The van der Waals surface area contributed by atoms with Gasteiger partial charge in [0, 0.05) is 11.1 Å². The molecule has 0 heterocycles. The fourth-order valence-electron chi connectivity index (χ4n) is 3.03. The van der Waals surface area contributed by atoms with Crippen LogP contribution in [0.15, 0.2) is 78.9 Å². The summed E-state index contributed by atoms with van der Waals surface area (Å²) in [5.41, 5.74) is 2.92. The first-order chi connectivity index (χ1) is 15.4. The van der Waals surface area contributed by atoms with E-state index in [1.165, 1.54) is 0 Å². The lowest BCUT2D eigenvalue weighted by Gasteiger charge is -2.18. The second-order valence-electron chi connectivity index (χ2n) is 7.34. The van der Waals surface area contributed by atoms with Crippen molar-refractivity contribution in [1.82, 2.24) is 5.32 Å². The number of para-hydroxylation sites is 1. The summed E-state index contributed by atoms with van der Waals surface area (Å²) >= 11 is 0. The lowest BCUT2D eigenvalue weighted by molar-refractivity contribution is -0.147. The Morgan fingerprint density at radius 2 is 1.50 bits per heavy atom. The van der Waals surface area contributed by atoms with Crippen molar-refractivity contribution >= 4 is 17.7 Å². The third kappa shape index (κ3) is 6.28. The first-order valence-corrected chi connectivity index (χ1v) is 10.2. The quantitative estimate of drug-likeness (QED) is 0.410. The maximum atomic E-state index is 13.0. The molecule has 32 heavy (non-hydrogen) atoms. The van der Waals surface area contributed by atoms with Gasteiger partial charge in [-0.15, -0.1) is 0 Å². The number of hydrogen-bond acceptors (Lipinski definition) is 5. The Labute approximate surface area is 187 Å². The zero-order chi connectivity index (χ0) is 22.9. The van der Waals surface area contributed by atoms with E-state index in [0.29, 0.717) is 16.9 Å². The van der Waals surface area contributed by atoms with Gasteiger partial charge in [0.15, 0.2) is 12.7 Å². The number of nitrogens with one attached hydrogen (secondary N) is 1. The molecule has 0 fully saturated rings. The summed E-state index contributed by atoms with van der Waals surface area (Å²) in [6.45, 7) is 3.19. The maximum absolute atomic E-state index is 13.0. The lowest BCUT2D eigenvalue weighted by atomic mass is 9.99. The molecule has 1 atom stereocenters. The number of carbonyl (C=O) groups excluding carboxylic acids is 3. The Morgan fingerprint density at radius 1 is 0.844 bits per heavy atom. The topological polar surface area (TPSA) is 81.7 Å². The van der Waals surface area contributed by atoms with Crippen LogP contribution in [0.2, 0.25) is 0 Å². The summed E-state index contributed by atoms with van der Waals surface area (Å²) < 4.78 is 10.9. The van der Waals surface area contributed by atoms with Crippen molar-refractivity contribution in [3.8, 4) is 5.75 Å². The van der Waals surface area contributed by atoms with Gasteiger partial charge in [-0.3, -0.25) is 14.4 Å². The van der Waals surface area contributed by atoms with Crippen LogP contribution in [-0.2, 0) is 14.3 Å². The maximum Gasteiger partial charge on any atom is 0.326 e. The van der Waals surface area contributed by atoms with Gasteiger partial charge in [-0.2, -0.15) is 0 Å². The third-order valence-electron chi connectivity index (χ3n) is 4.81. The smallest absolute Gasteiger partial charge is 0.326 e. The minimum absolute atomic E-state index is 0.234. The van der Waals surface area contributed by atoms with Crippen molar-refractivity contribution in [2.75, 3.05) is 13.2 Å². The number of hydrogen-bond donors (Lipinski definition) is 1. The number of ether oxygens (including phenoxy) is 2. The molecule has 1 amide bonds. The van der Waals surface area contributed by atoms with Gasteiger partial charge in [0.1, 0.15) is 12.3 Å². The highest BCUT2D eigenvalue weighted by Crippen LogP contribution is 2.23. The van der Waals surface area contributed by atoms with E-state index in [1.807, 2.05) is 50.2 Å². The number of esters is 1. The second kappa shape index (κ2) is 10.9. The van der Waals surface area contributed by atoms with Crippen LogP contribution in [0.5, 0.6) is 5.75 Å². The molecule has 0 aliphatic carbocycles. The van der Waals surface area contributed by atoms with Crippen molar-refractivity contribution in [1.29, 1.82) is 0 Å². The average Bonchev–Trinajstić information content (AvgIpc) is 2.81. The number of Topliss-reactive ketones (excluding diaryl/α,β-unsaturated/α-hetero) is 1. The SMILES string of the molecule is Cc1ccc(C(=O)[C@@H](OC(=O)CNC(=O)COc2ccccc2C)c2ccccc2)cc1. The molecule has 6 heteroatoms. The molecular formula is C26H25NO5. The van der Waals surface area contributed by atoms with Crippen LogP contribution in [0.25, 0.3) is 0 Å². The van der Waals surface area contributed by atoms with Crippen molar-refractivity contribution in [3.05, 3.63) is 101 Å². The van der Waals surface area contributed by atoms with E-state index in [4.69, 9.17) is 9.47 Å². The van der Waals surface area contributed by atoms with Gasteiger partial charge in [0.2, 0.25) is 5.78 Å². The number of carbonyl (C=O) groups is 3. The molecule has 0 bridgehead atoms. The number of ketones is 1. The van der Waals surface area contributed by atoms with Crippen molar-refractivity contribution < 1.29 is 23.9 Å². The molecule has 3 aromatic carbocycles. The van der Waals surface area contributed by atoms with Crippen LogP contribution in [0.4, 0.5) is 0 Å². The molecule has 1 N–H and O–H groups in total. The first kappa shape index (κ1) is 22.7. The summed E-state index contributed by atoms with van der Waals surface area (Å²) in [4.78, 5) is 37.5. The highest BCUT2D eigenvalue weighted by molar-refractivity contribution is 6.01. The molecule has 0 unspecified atom stereocenters. The molecule has 0 aliphatic rings. The summed E-state index contributed by atoms with van der Waals surface area (Å²) in [6.07, 6.45) is -1.11. The van der Waals surface area contributed by atoms with Crippen LogP contribution in [0, 0.1) is 13.8 Å². The van der Waals surface area contributed by atoms with E-state index in [2.05, 4.69) is 5.32 Å². The number of rotatable bonds is 9. The van der Waals surface area contributed by atoms with E-state index in [1.54, 1.807) is 42.5 Å². The van der Waals surface area contributed by atoms with Crippen LogP contribution in [-0.4, -0.2) is 30.8 Å². The van der Waals surface area contributed by atoms with E-state index in [-0.39, 0.29) is 18.9 Å². The van der Waals surface area contributed by atoms with Gasteiger partial charge in [0.25, 0.3) is 5.91 Å². The minimum Gasteiger partial charge on any atom is -0.484 e. The lowest BCUT2D eigenvalue weighted by Crippen LogP contribution is -2.35. The van der Waals surface area contributed by atoms with Gasteiger partial charge >= 0.3 is 5.97 Å². The summed E-state index contributed by atoms with van der Waals surface area (Å²) in [7, 11) is 0. The Bertz CT molecular complexity index is 1080. The normalized spacial score (nSPS) is 11.3. The predicted molar refractivity (Wildman–Crippen MR) is 120 cm³/mol. The van der Waals surface area contributed by atoms with Crippen LogP contribution < -0.4 is 10.1 Å². The molecule has 0 saturated heterocycles. The number of benzene rings is 3. The first-order valence-electron chi connectivity index (χ1n) is 10.2. The van der Waals surface area contributed by atoms with E-state index in [9.17, 15) is 14.4 Å². The highest BCUT2D eigenvalue weighted by atomic mass is 16.5. The van der Waals surface area contributed by atoms with E-state index < -0.39 is 18.0 Å². The third-order valence-corrected chi connectivity index (χ3v) is 4.81. The standard InChI is InChI=1S/C26H25NO5/c1-18-12-14-20(15-13-18)25(30)26(21-9-4-3-5-10-21)32-24(29)16-27-23(28)17-31-22-11-7-6-8-19(22)2/h3-15,26H,16-17H2,1-2H3,(H,27,28)/t26-/m0/s1. The minimum atomic E-state index is -1.11. The number of aryl methyl sites for hydroxylation is 2. The molecular weight excluding hydrogens is 406 g/mol. The molecule has 0 saturated carbocycles. The van der Waals surface area contributed by atoms with Crippen LogP contribution >= 0.6 is 0 Å². The van der Waals surface area contributed by atoms with Crippen molar-refractivity contribution in [2.45, 2.75) is 20.0 Å². The second-order valence-corrected chi connectivity index (χ2v) is 7.34. The Balaban J connectivity index is 1.60. The van der Waals surface area contributed by atoms with Gasteiger partial charge in [-0.1, -0.05) is 78.4 Å². The Hall–Kier alpha value is -3.93. The van der Waals surface area contributed by atoms with Gasteiger partial charge in [-0.05, 0) is 25.5 Å². The molecule has 0 aromatic heterocycles. The largest absolute Gasteiger partial charge is 0.484 e. The van der Waals surface area contributed by atoms with Crippen molar-refractivity contribution in [2.24, 2.45) is 0 Å². The summed E-state index contributed by atoms with van der Waals surface area (Å²) in [5, 5.41) is 2.47. The molecule has 164 valence electrons. The molecule has 3 rings (SSSR count). The van der Waals surface area contributed by atoms with Crippen LogP contribution in [0.3, 0.4) is 0 Å². The Kier molecular flexibility index (Phi) is 7.75. The monoisotopic (exact) mass is 431 g/mol. The molecule has 6 nitrogen and oxygen atoms in total. The fraction of sp³-hybridized carbons (Fsp3) is 0.192. The van der Waals surface area contributed by atoms with Gasteiger partial charge < -0.3 is 14.8 Å². The van der Waals surface area contributed by atoms with Gasteiger partial charge in [-0.25, -0.2) is 0 Å². The fourth-order valence-corrected chi connectivity index (χ4v) is 3.03. The molecule has 3 aromatic rings. The van der Waals surface area contributed by atoms with Crippen LogP contribution in [0.1, 0.15) is 33.2 Å². The average molecular weight is 431 g/mol. The van der Waals surface area contributed by atoms with E-state index in [0.717, 1.165) is 11.1 Å². The van der Waals surface area contributed by atoms with Crippen molar-refractivity contribution in [3.63, 3.8) is 0 Å². The summed E-state index contributed by atoms with van der Waals surface area (Å²) in [5.74, 6) is -0.924. The zero-order valence-corrected chi connectivity index (χ0v) is 18.0. The zero-order valence-electron chi connectivity index (χ0n) is 18.0. The van der Waals surface area contributed by atoms with E-state index >= 15 is 0 Å². The van der Waals surface area contributed by atoms with Gasteiger partial charge in [0.05, 0.1) is 0 Å². The number of amides is 1. The molecule has 0 spiro atoms. The Morgan fingerprint density at radius 3 is 2.19 bits per heavy atom. The summed E-state index contributed by atoms with van der Waals surface area (Å²) in [6, 6.07) is 23.2.